The number of hydrogen-bond acceptors (Lipinski definition) is 4. The van der Waals surface area contributed by atoms with Crippen LogP contribution in [0.5, 0.6) is 0 Å². The van der Waals surface area contributed by atoms with E-state index in [4.69, 9.17) is 4.74 Å². The highest BCUT2D eigenvalue weighted by Crippen LogP contribution is 2.27. The smallest absolute Gasteiger partial charge is 0.311 e. The van der Waals surface area contributed by atoms with Gasteiger partial charge in [0.15, 0.2) is 6.61 Å². The molecule has 1 aliphatic rings. The third-order valence-electron chi connectivity index (χ3n) is 4.70. The van der Waals surface area contributed by atoms with Crippen LogP contribution < -0.4 is 10.2 Å². The van der Waals surface area contributed by atoms with Crippen LogP contribution in [-0.2, 0) is 19.1 Å². The molecular weight excluding hydrogens is 443 g/mol. The van der Waals surface area contributed by atoms with Gasteiger partial charge in [-0.25, -0.2) is 4.39 Å². The van der Waals surface area contributed by atoms with Crippen LogP contribution in [-0.4, -0.2) is 30.9 Å². The molecule has 8 heteroatoms. The van der Waals surface area contributed by atoms with Gasteiger partial charge >= 0.3 is 5.97 Å². The first-order valence-corrected chi connectivity index (χ1v) is 9.83. The Morgan fingerprint density at radius 2 is 1.83 bits per heavy atom. The van der Waals surface area contributed by atoms with Gasteiger partial charge in [-0.1, -0.05) is 15.9 Å². The molecule has 1 aliphatic heterocycles. The summed E-state index contributed by atoms with van der Waals surface area (Å²) in [6, 6.07) is 9.23. The predicted octanol–water partition coefficient (Wildman–Crippen LogP) is 3.74. The van der Waals surface area contributed by atoms with Crippen molar-refractivity contribution in [3.05, 3.63) is 57.8 Å². The second-order valence-corrected chi connectivity index (χ2v) is 7.87. The zero-order chi connectivity index (χ0) is 21.1. The fourth-order valence-corrected chi connectivity index (χ4v) is 3.96. The van der Waals surface area contributed by atoms with Crippen molar-refractivity contribution in [2.45, 2.75) is 20.3 Å². The number of anilines is 2. The number of halogens is 2. The molecule has 3 rings (SSSR count). The minimum atomic E-state index is -0.670. The summed E-state index contributed by atoms with van der Waals surface area (Å²) in [5.74, 6) is -2.38. The Morgan fingerprint density at radius 1 is 1.21 bits per heavy atom. The van der Waals surface area contributed by atoms with E-state index in [-0.39, 0.29) is 18.9 Å². The molecule has 0 saturated carbocycles. The lowest BCUT2D eigenvalue weighted by Gasteiger charge is -2.16. The van der Waals surface area contributed by atoms with E-state index < -0.39 is 30.2 Å². The largest absolute Gasteiger partial charge is 0.455 e. The monoisotopic (exact) mass is 462 g/mol. The number of hydrogen-bond donors (Lipinski definition) is 1. The molecule has 1 fully saturated rings. The lowest BCUT2D eigenvalue weighted by molar-refractivity contribution is -0.151. The van der Waals surface area contributed by atoms with E-state index in [2.05, 4.69) is 21.2 Å². The zero-order valence-electron chi connectivity index (χ0n) is 16.0. The third-order valence-corrected chi connectivity index (χ3v) is 5.16. The maximum absolute atomic E-state index is 13.1. The molecule has 0 bridgehead atoms. The van der Waals surface area contributed by atoms with Crippen molar-refractivity contribution in [2.24, 2.45) is 5.92 Å². The molecule has 1 N–H and O–H groups in total. The van der Waals surface area contributed by atoms with Crippen LogP contribution in [0.3, 0.4) is 0 Å². The van der Waals surface area contributed by atoms with Gasteiger partial charge in [0.25, 0.3) is 5.91 Å². The molecule has 0 radical (unpaired) electrons. The lowest BCUT2D eigenvalue weighted by Crippen LogP contribution is -2.28. The number of nitrogens with one attached hydrogen (secondary N) is 1. The average molecular weight is 463 g/mol. The molecule has 0 spiro atoms. The Bertz CT molecular complexity index is 939. The van der Waals surface area contributed by atoms with E-state index in [1.54, 1.807) is 0 Å². The maximum atomic E-state index is 13.1. The first-order valence-electron chi connectivity index (χ1n) is 9.03. The molecule has 2 amide bonds. The Kier molecular flexibility index (Phi) is 6.32. The number of benzene rings is 2. The summed E-state index contributed by atoms with van der Waals surface area (Å²) in [6.07, 6.45) is -0.0112. The number of rotatable bonds is 5. The van der Waals surface area contributed by atoms with Crippen molar-refractivity contribution in [3.8, 4) is 0 Å². The topological polar surface area (TPSA) is 75.7 Å². The second kappa shape index (κ2) is 8.73. The van der Waals surface area contributed by atoms with Gasteiger partial charge in [0.1, 0.15) is 5.82 Å². The van der Waals surface area contributed by atoms with Gasteiger partial charge in [0, 0.05) is 28.8 Å². The highest BCUT2D eigenvalue weighted by atomic mass is 79.9. The summed E-state index contributed by atoms with van der Waals surface area (Å²) in [7, 11) is 0. The standard InChI is InChI=1S/C21H20BrFN2O4/c1-12-7-15(22)8-13(2)20(12)24-18(26)11-29-21(28)14-9-19(27)25(10-14)17-5-3-16(23)4-6-17/h3-8,14H,9-11H2,1-2H3,(H,24,26)/t14-/m1/s1. The molecule has 1 heterocycles. The van der Waals surface area contributed by atoms with Gasteiger partial charge < -0.3 is 15.0 Å². The number of carbonyl (C=O) groups is 3. The average Bonchev–Trinajstić information content (AvgIpc) is 3.05. The molecule has 2 aromatic carbocycles. The number of nitrogens with zero attached hydrogens (tertiary/aromatic N) is 1. The minimum absolute atomic E-state index is 0.0112. The molecule has 0 unspecified atom stereocenters. The summed E-state index contributed by atoms with van der Waals surface area (Å²) in [4.78, 5) is 38.1. The molecule has 1 saturated heterocycles. The third kappa shape index (κ3) is 5.00. The van der Waals surface area contributed by atoms with E-state index in [1.807, 2.05) is 26.0 Å². The van der Waals surface area contributed by atoms with Crippen molar-refractivity contribution >= 4 is 45.1 Å². The van der Waals surface area contributed by atoms with Crippen molar-refractivity contribution in [1.29, 1.82) is 0 Å². The quantitative estimate of drug-likeness (QED) is 0.686. The van der Waals surface area contributed by atoms with Gasteiger partial charge in [0.2, 0.25) is 5.91 Å². The Morgan fingerprint density at radius 3 is 2.45 bits per heavy atom. The van der Waals surface area contributed by atoms with Crippen molar-refractivity contribution in [1.82, 2.24) is 0 Å². The minimum Gasteiger partial charge on any atom is -0.455 e. The predicted molar refractivity (Wildman–Crippen MR) is 110 cm³/mol. The van der Waals surface area contributed by atoms with Crippen molar-refractivity contribution in [2.75, 3.05) is 23.4 Å². The van der Waals surface area contributed by atoms with E-state index in [0.29, 0.717) is 11.4 Å². The fourth-order valence-electron chi connectivity index (χ4n) is 3.27. The number of esters is 1. The molecule has 0 aliphatic carbocycles. The van der Waals surface area contributed by atoms with Crippen LogP contribution in [0.2, 0.25) is 0 Å². The maximum Gasteiger partial charge on any atom is 0.311 e. The molecule has 2 aromatic rings. The number of carbonyl (C=O) groups excluding carboxylic acids is 3. The van der Waals surface area contributed by atoms with Crippen LogP contribution in [0.25, 0.3) is 0 Å². The molecule has 29 heavy (non-hydrogen) atoms. The molecule has 152 valence electrons. The number of aryl methyl sites for hydroxylation is 2. The Balaban J connectivity index is 1.55. The van der Waals surface area contributed by atoms with Crippen molar-refractivity contribution in [3.63, 3.8) is 0 Å². The lowest BCUT2D eigenvalue weighted by atomic mass is 10.1. The van der Waals surface area contributed by atoms with E-state index in [1.165, 1.54) is 29.2 Å². The molecule has 6 nitrogen and oxygen atoms in total. The highest BCUT2D eigenvalue weighted by molar-refractivity contribution is 9.10. The van der Waals surface area contributed by atoms with Crippen LogP contribution >= 0.6 is 15.9 Å². The molecular formula is C21H20BrFN2O4. The summed E-state index contributed by atoms with van der Waals surface area (Å²) >= 11 is 3.40. The summed E-state index contributed by atoms with van der Waals surface area (Å²) in [5.41, 5.74) is 2.96. The van der Waals surface area contributed by atoms with Gasteiger partial charge in [-0.3, -0.25) is 14.4 Å². The van der Waals surface area contributed by atoms with Gasteiger partial charge in [-0.15, -0.1) is 0 Å². The van der Waals surface area contributed by atoms with Gasteiger partial charge in [-0.05, 0) is 61.4 Å². The fraction of sp³-hybridized carbons (Fsp3) is 0.286. The van der Waals surface area contributed by atoms with Crippen molar-refractivity contribution < 1.29 is 23.5 Å². The summed E-state index contributed by atoms with van der Waals surface area (Å²) in [6.45, 7) is 3.44. The van der Waals surface area contributed by atoms with Crippen LogP contribution in [0, 0.1) is 25.6 Å². The first-order chi connectivity index (χ1) is 13.7. The Labute approximate surface area is 176 Å². The van der Waals surface area contributed by atoms with Gasteiger partial charge in [-0.2, -0.15) is 0 Å². The summed E-state index contributed by atoms with van der Waals surface area (Å²) in [5, 5.41) is 2.75. The normalized spacial score (nSPS) is 16.1. The summed E-state index contributed by atoms with van der Waals surface area (Å²) < 4.78 is 19.1. The van der Waals surface area contributed by atoms with Gasteiger partial charge in [0.05, 0.1) is 5.92 Å². The van der Waals surface area contributed by atoms with Crippen LogP contribution in [0.15, 0.2) is 40.9 Å². The molecule has 1 atom stereocenters. The highest BCUT2D eigenvalue weighted by Gasteiger charge is 2.36. The SMILES string of the molecule is Cc1cc(Br)cc(C)c1NC(=O)COC(=O)[C@@H]1CC(=O)N(c2ccc(F)cc2)C1. The Hall–Kier alpha value is -2.74. The molecule has 0 aromatic heterocycles. The van der Waals surface area contributed by atoms with Crippen LogP contribution in [0.1, 0.15) is 17.5 Å². The van der Waals surface area contributed by atoms with Crippen LogP contribution in [0.4, 0.5) is 15.8 Å². The zero-order valence-corrected chi connectivity index (χ0v) is 17.6. The van der Waals surface area contributed by atoms with E-state index in [0.717, 1.165) is 15.6 Å². The first kappa shape index (κ1) is 21.0. The number of amides is 2. The van der Waals surface area contributed by atoms with E-state index in [9.17, 15) is 18.8 Å². The van der Waals surface area contributed by atoms with E-state index >= 15 is 0 Å². The second-order valence-electron chi connectivity index (χ2n) is 6.95. The number of ether oxygens (including phenoxy) is 1.